The van der Waals surface area contributed by atoms with Crippen LogP contribution in [0.2, 0.25) is 0 Å². The summed E-state index contributed by atoms with van der Waals surface area (Å²) in [6.45, 7) is 7.10. The molecule has 1 amide bonds. The second-order valence-electron chi connectivity index (χ2n) is 8.40. The highest BCUT2D eigenvalue weighted by Crippen LogP contribution is 2.25. The number of amides is 1. The van der Waals surface area contributed by atoms with Crippen molar-refractivity contribution in [2.24, 2.45) is 5.73 Å². The average Bonchev–Trinajstić information content (AvgIpc) is 3.59. The summed E-state index contributed by atoms with van der Waals surface area (Å²) in [6, 6.07) is -0.564. The van der Waals surface area contributed by atoms with Crippen molar-refractivity contribution < 1.29 is 19.1 Å². The largest absolute Gasteiger partial charge is 0.465 e. The lowest BCUT2D eigenvalue weighted by Crippen LogP contribution is -2.42. The second kappa shape index (κ2) is 19.4. The van der Waals surface area contributed by atoms with E-state index in [1.807, 2.05) is 6.92 Å². The van der Waals surface area contributed by atoms with Crippen LogP contribution in [0.3, 0.4) is 0 Å². The molecule has 1 rings (SSSR count). The van der Waals surface area contributed by atoms with Gasteiger partial charge in [0.2, 0.25) is 5.91 Å². The van der Waals surface area contributed by atoms with E-state index < -0.39 is 6.04 Å². The van der Waals surface area contributed by atoms with Gasteiger partial charge in [-0.3, -0.25) is 14.5 Å². The number of carbonyl (C=O) groups is 2. The third kappa shape index (κ3) is 13.7. The van der Waals surface area contributed by atoms with Gasteiger partial charge in [0, 0.05) is 44.7 Å². The molecule has 0 saturated carbocycles. The molecule has 34 heavy (non-hydrogen) atoms. The van der Waals surface area contributed by atoms with Gasteiger partial charge in [0.1, 0.15) is 6.04 Å². The molecule has 7 N–H and O–H groups in total. The number of nitrogens with zero attached hydrogens (tertiary/aromatic N) is 1. The van der Waals surface area contributed by atoms with E-state index in [1.54, 1.807) is 0 Å². The van der Waals surface area contributed by atoms with Crippen molar-refractivity contribution in [2.45, 2.75) is 63.6 Å². The Hall–Kier alpha value is -1.92. The maximum atomic E-state index is 12.4. The summed E-state index contributed by atoms with van der Waals surface area (Å²) in [5.74, 6) is -0.342. The normalized spacial score (nSPS) is 18.6. The van der Waals surface area contributed by atoms with E-state index >= 15 is 0 Å². The predicted molar refractivity (Wildman–Crippen MR) is 134 cm³/mol. The second-order valence-corrected chi connectivity index (χ2v) is 8.40. The van der Waals surface area contributed by atoms with Crippen LogP contribution >= 0.6 is 0 Å². The minimum atomic E-state index is -0.521. The molecular formula is C23H45N7O4. The topological polar surface area (TPSA) is 165 Å². The van der Waals surface area contributed by atoms with Gasteiger partial charge in [-0.2, -0.15) is 0 Å². The summed E-state index contributed by atoms with van der Waals surface area (Å²) >= 11 is 0. The molecule has 0 spiro atoms. The molecule has 0 aromatic carbocycles. The SMILES string of the molecule is CCOC(=O)C(CCCCNCC=N)N1CC1COCCNC(=O)C(N)CCCCNCC=N. The number of esters is 1. The van der Waals surface area contributed by atoms with Crippen molar-refractivity contribution in [1.82, 2.24) is 20.9 Å². The Morgan fingerprint density at radius 2 is 1.71 bits per heavy atom. The Bertz CT molecular complexity index is 594. The summed E-state index contributed by atoms with van der Waals surface area (Å²) in [5, 5.41) is 23.0. The molecule has 196 valence electrons. The molecule has 0 radical (unpaired) electrons. The predicted octanol–water partition coefficient (Wildman–Crippen LogP) is -0.119. The molecule has 0 aliphatic carbocycles. The average molecular weight is 484 g/mol. The first-order valence-electron chi connectivity index (χ1n) is 12.5. The van der Waals surface area contributed by atoms with Crippen LogP contribution in [0, 0.1) is 10.8 Å². The van der Waals surface area contributed by atoms with E-state index in [0.29, 0.717) is 45.9 Å². The fraction of sp³-hybridized carbons (Fsp3) is 0.826. The summed E-state index contributed by atoms with van der Waals surface area (Å²) in [7, 11) is 0. The van der Waals surface area contributed by atoms with Crippen molar-refractivity contribution in [3.63, 3.8) is 0 Å². The highest BCUT2D eigenvalue weighted by atomic mass is 16.5. The van der Waals surface area contributed by atoms with Crippen LogP contribution in [0.4, 0.5) is 0 Å². The van der Waals surface area contributed by atoms with E-state index in [0.717, 1.165) is 51.7 Å². The molecule has 0 bridgehead atoms. The number of hydrogen-bond acceptors (Lipinski definition) is 10. The van der Waals surface area contributed by atoms with Crippen molar-refractivity contribution in [1.29, 1.82) is 10.8 Å². The van der Waals surface area contributed by atoms with Crippen molar-refractivity contribution in [3.05, 3.63) is 0 Å². The van der Waals surface area contributed by atoms with Crippen LogP contribution in [0.25, 0.3) is 0 Å². The monoisotopic (exact) mass is 483 g/mol. The van der Waals surface area contributed by atoms with Gasteiger partial charge in [0.05, 0.1) is 25.9 Å². The van der Waals surface area contributed by atoms with Crippen LogP contribution < -0.4 is 21.7 Å². The summed E-state index contributed by atoms with van der Waals surface area (Å²) in [6.07, 6.45) is 7.67. The first-order chi connectivity index (χ1) is 16.5. The zero-order valence-electron chi connectivity index (χ0n) is 20.7. The van der Waals surface area contributed by atoms with E-state index in [4.69, 9.17) is 26.0 Å². The molecule has 1 fully saturated rings. The molecule has 11 heteroatoms. The number of hydrogen-bond donors (Lipinski definition) is 6. The van der Waals surface area contributed by atoms with Gasteiger partial charge in [0.15, 0.2) is 0 Å². The first-order valence-corrected chi connectivity index (χ1v) is 12.5. The van der Waals surface area contributed by atoms with Gasteiger partial charge in [0.25, 0.3) is 0 Å². The molecule has 4 atom stereocenters. The highest BCUT2D eigenvalue weighted by Gasteiger charge is 2.43. The number of unbranched alkanes of at least 4 members (excludes halogenated alkanes) is 2. The zero-order valence-corrected chi connectivity index (χ0v) is 20.7. The first kappa shape index (κ1) is 30.1. The summed E-state index contributed by atoms with van der Waals surface area (Å²) in [5.41, 5.74) is 5.94. The van der Waals surface area contributed by atoms with E-state index in [1.165, 1.54) is 12.4 Å². The van der Waals surface area contributed by atoms with Crippen molar-refractivity contribution in [2.75, 3.05) is 59.1 Å². The van der Waals surface area contributed by atoms with Gasteiger partial charge >= 0.3 is 5.97 Å². The van der Waals surface area contributed by atoms with Crippen LogP contribution in [-0.4, -0.2) is 106 Å². The van der Waals surface area contributed by atoms with Crippen molar-refractivity contribution in [3.8, 4) is 0 Å². The Kier molecular flexibility index (Phi) is 17.2. The molecule has 4 unspecified atom stereocenters. The lowest BCUT2D eigenvalue weighted by atomic mass is 10.1. The lowest BCUT2D eigenvalue weighted by molar-refractivity contribution is -0.148. The number of carbonyl (C=O) groups excluding carboxylic acids is 2. The number of nitrogens with one attached hydrogen (secondary N) is 5. The van der Waals surface area contributed by atoms with Crippen LogP contribution in [-0.2, 0) is 19.1 Å². The summed E-state index contributed by atoms with van der Waals surface area (Å²) in [4.78, 5) is 26.6. The Balaban J connectivity index is 2.16. The van der Waals surface area contributed by atoms with Gasteiger partial charge in [-0.05, 0) is 45.7 Å². The number of ether oxygens (including phenoxy) is 2. The zero-order chi connectivity index (χ0) is 25.0. The molecule has 11 nitrogen and oxygen atoms in total. The third-order valence-electron chi connectivity index (χ3n) is 5.60. The fourth-order valence-electron chi connectivity index (χ4n) is 3.66. The molecule has 0 aromatic rings. The van der Waals surface area contributed by atoms with Crippen molar-refractivity contribution >= 4 is 24.3 Å². The van der Waals surface area contributed by atoms with E-state index in [2.05, 4.69) is 20.9 Å². The van der Waals surface area contributed by atoms with Crippen LogP contribution in [0.5, 0.6) is 0 Å². The Morgan fingerprint density at radius 3 is 2.32 bits per heavy atom. The highest BCUT2D eigenvalue weighted by molar-refractivity contribution is 5.81. The van der Waals surface area contributed by atoms with Gasteiger partial charge in [-0.1, -0.05) is 12.8 Å². The quantitative estimate of drug-likeness (QED) is 0.0506. The molecular weight excluding hydrogens is 438 g/mol. The Morgan fingerprint density at radius 1 is 1.06 bits per heavy atom. The molecule has 1 aliphatic heterocycles. The molecule has 0 aromatic heterocycles. The smallest absolute Gasteiger partial charge is 0.323 e. The molecule has 1 saturated heterocycles. The van der Waals surface area contributed by atoms with Crippen LogP contribution in [0.15, 0.2) is 0 Å². The minimum Gasteiger partial charge on any atom is -0.465 e. The van der Waals surface area contributed by atoms with Gasteiger partial charge in [-0.15, -0.1) is 0 Å². The molecule has 1 heterocycles. The fourth-order valence-corrected chi connectivity index (χ4v) is 3.66. The van der Waals surface area contributed by atoms with Crippen LogP contribution in [0.1, 0.15) is 45.4 Å². The maximum Gasteiger partial charge on any atom is 0.323 e. The third-order valence-corrected chi connectivity index (χ3v) is 5.60. The van der Waals surface area contributed by atoms with E-state index in [9.17, 15) is 9.59 Å². The number of rotatable bonds is 23. The summed E-state index contributed by atoms with van der Waals surface area (Å²) < 4.78 is 11.0. The minimum absolute atomic E-state index is 0.165. The number of nitrogens with two attached hydrogens (primary N) is 1. The van der Waals surface area contributed by atoms with Gasteiger partial charge in [-0.25, -0.2) is 0 Å². The maximum absolute atomic E-state index is 12.4. The molecule has 1 aliphatic rings. The standard InChI is InChI=1S/C23H45N7O4/c1-2-34-23(32)21(8-4-6-12-28-14-10-25)30-17-19(30)18-33-16-15-29-22(31)20(26)7-3-5-11-27-13-9-24/h9-10,19-21,24-25,27-28H,2-8,11-18,26H2,1H3,(H,29,31). The lowest BCUT2D eigenvalue weighted by Gasteiger charge is -2.18. The van der Waals surface area contributed by atoms with E-state index in [-0.39, 0.29) is 24.0 Å². The van der Waals surface area contributed by atoms with Gasteiger partial charge < -0.3 is 42.0 Å². The Labute approximate surface area is 203 Å².